The van der Waals surface area contributed by atoms with Crippen LogP contribution in [-0.4, -0.2) is 26.9 Å². The molecule has 1 atom stereocenters. The summed E-state index contributed by atoms with van der Waals surface area (Å²) in [5.74, 6) is 1.14. The molecular formula is C25H25N5O3S2. The zero-order valence-electron chi connectivity index (χ0n) is 19.3. The van der Waals surface area contributed by atoms with E-state index in [4.69, 9.17) is 9.72 Å². The fourth-order valence-electron chi connectivity index (χ4n) is 3.17. The van der Waals surface area contributed by atoms with Crippen LogP contribution in [0.4, 0.5) is 22.2 Å². The molecule has 0 aliphatic heterocycles. The van der Waals surface area contributed by atoms with E-state index in [0.29, 0.717) is 23.1 Å². The predicted molar refractivity (Wildman–Crippen MR) is 141 cm³/mol. The van der Waals surface area contributed by atoms with Crippen LogP contribution in [-0.2, 0) is 21.9 Å². The van der Waals surface area contributed by atoms with E-state index in [-0.39, 0.29) is 6.61 Å². The Hall–Kier alpha value is -3.76. The van der Waals surface area contributed by atoms with Gasteiger partial charge in [-0.15, -0.1) is 15.7 Å². The molecule has 4 aromatic rings. The number of rotatable bonds is 8. The van der Waals surface area contributed by atoms with Gasteiger partial charge in [-0.25, -0.2) is 14.0 Å². The van der Waals surface area contributed by atoms with Crippen LogP contribution in [0.1, 0.15) is 18.1 Å². The number of thiol groups is 1. The van der Waals surface area contributed by atoms with Gasteiger partial charge in [0.25, 0.3) is 0 Å². The highest BCUT2D eigenvalue weighted by Crippen LogP contribution is 2.31. The van der Waals surface area contributed by atoms with E-state index in [1.807, 2.05) is 17.5 Å². The first-order valence-corrected chi connectivity index (χ1v) is 13.0. The molecule has 0 radical (unpaired) electrons. The number of aryl methyl sites for hydroxylation is 1. The SMILES string of the molecule is CCOC(=O)/N=[SH](=O)/c1ccc(Nc2ncc(-c3cccs3)c(NCc3ccc(C)cc3)n2)cc1. The Kier molecular flexibility index (Phi) is 8.07. The molecule has 4 rings (SSSR count). The summed E-state index contributed by atoms with van der Waals surface area (Å²) >= 11 is 1.63. The second-order valence-electron chi connectivity index (χ2n) is 7.52. The van der Waals surface area contributed by atoms with Gasteiger partial charge in [0.1, 0.15) is 5.82 Å². The summed E-state index contributed by atoms with van der Waals surface area (Å²) in [6.45, 7) is 4.54. The topological polar surface area (TPSA) is 106 Å². The third-order valence-corrected chi connectivity index (χ3v) is 6.93. The number of nitrogens with one attached hydrogen (secondary N) is 2. The highest BCUT2D eigenvalue weighted by atomic mass is 32.2. The molecule has 2 aromatic carbocycles. The maximum absolute atomic E-state index is 12.2. The lowest BCUT2D eigenvalue weighted by Crippen LogP contribution is -2.06. The van der Waals surface area contributed by atoms with E-state index in [0.717, 1.165) is 21.8 Å². The normalized spacial score (nSPS) is 11.7. The molecule has 2 heterocycles. The van der Waals surface area contributed by atoms with Crippen LogP contribution in [0.5, 0.6) is 0 Å². The summed E-state index contributed by atoms with van der Waals surface area (Å²) in [4.78, 5) is 22.1. The Morgan fingerprint density at radius 1 is 1.11 bits per heavy atom. The van der Waals surface area contributed by atoms with Gasteiger partial charge in [0.2, 0.25) is 5.95 Å². The predicted octanol–water partition coefficient (Wildman–Crippen LogP) is 6.05. The van der Waals surface area contributed by atoms with Gasteiger partial charge in [-0.05, 0) is 55.1 Å². The van der Waals surface area contributed by atoms with Crippen molar-refractivity contribution in [3.8, 4) is 10.4 Å². The van der Waals surface area contributed by atoms with Gasteiger partial charge in [0, 0.05) is 28.2 Å². The maximum Gasteiger partial charge on any atom is 0.441 e. The molecule has 1 unspecified atom stereocenters. The van der Waals surface area contributed by atoms with Crippen molar-refractivity contribution < 1.29 is 13.7 Å². The van der Waals surface area contributed by atoms with E-state index in [2.05, 4.69) is 51.2 Å². The lowest BCUT2D eigenvalue weighted by molar-refractivity contribution is 0.164. The molecule has 1 amide bonds. The zero-order chi connectivity index (χ0) is 24.6. The van der Waals surface area contributed by atoms with Crippen LogP contribution in [0.25, 0.3) is 10.4 Å². The molecule has 0 spiro atoms. The zero-order valence-corrected chi connectivity index (χ0v) is 21.0. The van der Waals surface area contributed by atoms with Gasteiger partial charge in [0.15, 0.2) is 0 Å². The summed E-state index contributed by atoms with van der Waals surface area (Å²) in [6.07, 6.45) is 0.961. The van der Waals surface area contributed by atoms with Crippen LogP contribution < -0.4 is 10.6 Å². The largest absolute Gasteiger partial charge is 0.448 e. The van der Waals surface area contributed by atoms with Crippen molar-refractivity contribution >= 4 is 45.5 Å². The number of nitrogens with zero attached hydrogens (tertiary/aromatic N) is 3. The Balaban J connectivity index is 1.52. The molecule has 8 nitrogen and oxygen atoms in total. The highest BCUT2D eigenvalue weighted by molar-refractivity contribution is 7.75. The van der Waals surface area contributed by atoms with Crippen molar-refractivity contribution in [2.24, 2.45) is 4.36 Å². The number of hydrogen-bond acceptors (Lipinski definition) is 8. The van der Waals surface area contributed by atoms with E-state index in [9.17, 15) is 9.00 Å². The van der Waals surface area contributed by atoms with E-state index >= 15 is 0 Å². The number of ether oxygens (including phenoxy) is 1. The monoisotopic (exact) mass is 507 g/mol. The van der Waals surface area contributed by atoms with Crippen molar-refractivity contribution in [3.05, 3.63) is 83.4 Å². The summed E-state index contributed by atoms with van der Waals surface area (Å²) in [5, 5.41) is 8.63. The highest BCUT2D eigenvalue weighted by Gasteiger charge is 2.11. The van der Waals surface area contributed by atoms with Crippen molar-refractivity contribution in [2.75, 3.05) is 17.2 Å². The first kappa shape index (κ1) is 24.4. The fraction of sp³-hybridized carbons (Fsp3) is 0.160. The molecule has 0 aliphatic rings. The molecule has 35 heavy (non-hydrogen) atoms. The summed E-state index contributed by atoms with van der Waals surface area (Å²) in [7, 11) is -2.23. The van der Waals surface area contributed by atoms with Gasteiger partial charge in [-0.3, -0.25) is 0 Å². The second kappa shape index (κ2) is 11.6. The van der Waals surface area contributed by atoms with Crippen molar-refractivity contribution in [1.29, 1.82) is 0 Å². The molecule has 0 saturated carbocycles. The van der Waals surface area contributed by atoms with Crippen LogP contribution in [0.3, 0.4) is 0 Å². The van der Waals surface area contributed by atoms with Crippen LogP contribution in [0.2, 0.25) is 0 Å². The molecule has 0 bridgehead atoms. The lowest BCUT2D eigenvalue weighted by atomic mass is 10.1. The summed E-state index contributed by atoms with van der Waals surface area (Å²) in [6, 6.07) is 19.1. The number of hydrogen-bond donors (Lipinski definition) is 3. The molecule has 2 N–H and O–H groups in total. The Morgan fingerprint density at radius 2 is 1.89 bits per heavy atom. The number of thiophene rings is 1. The third kappa shape index (κ3) is 6.65. The number of aromatic nitrogens is 2. The molecule has 0 fully saturated rings. The van der Waals surface area contributed by atoms with Crippen LogP contribution >= 0.6 is 11.3 Å². The summed E-state index contributed by atoms with van der Waals surface area (Å²) in [5.41, 5.74) is 4.00. The Labute approximate surface area is 209 Å². The average Bonchev–Trinajstić information content (AvgIpc) is 3.39. The van der Waals surface area contributed by atoms with E-state index < -0.39 is 16.7 Å². The van der Waals surface area contributed by atoms with Crippen molar-refractivity contribution in [3.63, 3.8) is 0 Å². The van der Waals surface area contributed by atoms with Crippen LogP contribution in [0.15, 0.2) is 81.5 Å². The molecule has 0 aliphatic carbocycles. The van der Waals surface area contributed by atoms with Crippen LogP contribution in [0, 0.1) is 6.92 Å². The molecule has 2 aromatic heterocycles. The molecule has 0 saturated heterocycles. The van der Waals surface area contributed by atoms with Gasteiger partial charge in [-0.1, -0.05) is 35.9 Å². The average molecular weight is 508 g/mol. The molecule has 180 valence electrons. The number of carbonyl (C=O) groups excluding carboxylic acids is 1. The quantitative estimate of drug-likeness (QED) is 0.249. The minimum absolute atomic E-state index is 0.182. The first-order chi connectivity index (χ1) is 17.0. The standard InChI is InChI=1S/C25H25N5O3S2/c1-3-33-25(31)30-35(32)20-12-10-19(11-13-20)28-24-27-16-21(22-5-4-14-34-22)23(29-24)26-15-18-8-6-17(2)7-9-18/h4-14,16,35H,3,15H2,1-2H3,(H2,26,27,28,29). The number of anilines is 3. The van der Waals surface area contributed by atoms with Gasteiger partial charge >= 0.3 is 6.09 Å². The fourth-order valence-corrected chi connectivity index (χ4v) is 4.63. The van der Waals surface area contributed by atoms with Gasteiger partial charge in [0.05, 0.1) is 22.8 Å². The minimum Gasteiger partial charge on any atom is -0.448 e. The molecule has 10 heteroatoms. The Morgan fingerprint density at radius 3 is 2.57 bits per heavy atom. The molecular weight excluding hydrogens is 482 g/mol. The number of benzene rings is 2. The lowest BCUT2D eigenvalue weighted by Gasteiger charge is -2.13. The van der Waals surface area contributed by atoms with Crippen molar-refractivity contribution in [2.45, 2.75) is 25.3 Å². The summed E-state index contributed by atoms with van der Waals surface area (Å²) < 4.78 is 20.5. The first-order valence-electron chi connectivity index (χ1n) is 10.9. The third-order valence-electron chi connectivity index (χ3n) is 4.94. The maximum atomic E-state index is 12.2. The van der Waals surface area contributed by atoms with E-state index in [1.54, 1.807) is 48.7 Å². The van der Waals surface area contributed by atoms with E-state index in [1.165, 1.54) is 5.56 Å². The van der Waals surface area contributed by atoms with Crippen molar-refractivity contribution in [1.82, 2.24) is 9.97 Å². The number of amides is 1. The second-order valence-corrected chi connectivity index (χ2v) is 9.73. The minimum atomic E-state index is -2.23. The van der Waals surface area contributed by atoms with Gasteiger partial charge in [-0.2, -0.15) is 4.98 Å². The number of carbonyl (C=O) groups is 1. The smallest absolute Gasteiger partial charge is 0.441 e. The Bertz CT molecular complexity index is 1370. The van der Waals surface area contributed by atoms with Gasteiger partial charge < -0.3 is 15.4 Å².